The number of hydrogen-bond acceptors (Lipinski definition) is 4. The van der Waals surface area contributed by atoms with Crippen molar-refractivity contribution in [3.63, 3.8) is 0 Å². The van der Waals surface area contributed by atoms with E-state index in [4.69, 9.17) is 27.8 Å². The maximum absolute atomic E-state index is 11.1. The lowest BCUT2D eigenvalue weighted by molar-refractivity contribution is 0.476. The molecule has 0 aliphatic carbocycles. The maximum atomic E-state index is 11.1. The molecule has 2 N–H and O–H groups in total. The molecular formula is C8H6Cl2N2O3S. The molecule has 0 aromatic heterocycles. The van der Waals surface area contributed by atoms with Gasteiger partial charge in [0.15, 0.2) is 5.17 Å². The predicted octanol–water partition coefficient (Wildman–Crippen LogP) is 2.16. The van der Waals surface area contributed by atoms with Gasteiger partial charge in [0.2, 0.25) is 0 Å². The lowest BCUT2D eigenvalue weighted by atomic mass is 10.2. The van der Waals surface area contributed by atoms with Gasteiger partial charge < -0.3 is 5.32 Å². The van der Waals surface area contributed by atoms with Crippen molar-refractivity contribution >= 4 is 49.9 Å². The smallest absolute Gasteiger partial charge is 0.311 e. The van der Waals surface area contributed by atoms with Crippen LogP contribution in [-0.4, -0.2) is 22.5 Å². The van der Waals surface area contributed by atoms with Gasteiger partial charge in [-0.25, -0.2) is 4.99 Å². The predicted molar refractivity (Wildman–Crippen MR) is 63.1 cm³/mol. The first-order valence-corrected chi connectivity index (χ1v) is 6.32. The first-order chi connectivity index (χ1) is 7.34. The van der Waals surface area contributed by atoms with E-state index >= 15 is 0 Å². The van der Waals surface area contributed by atoms with Gasteiger partial charge in [0.1, 0.15) is 0 Å². The van der Waals surface area contributed by atoms with Gasteiger partial charge in [-0.1, -0.05) is 35.3 Å². The van der Waals surface area contributed by atoms with E-state index in [2.05, 4.69) is 10.3 Å². The fourth-order valence-electron chi connectivity index (χ4n) is 1.25. The lowest BCUT2D eigenvalue weighted by Crippen LogP contribution is -2.47. The number of halogens is 2. The van der Waals surface area contributed by atoms with E-state index in [9.17, 15) is 8.42 Å². The van der Waals surface area contributed by atoms with Crippen molar-refractivity contribution in [1.82, 2.24) is 0 Å². The van der Waals surface area contributed by atoms with E-state index in [1.807, 2.05) is 0 Å². The SMILES string of the molecule is O=S(=O)(O)C1(Cl)Nc2ccccc2N=C1Cl. The van der Waals surface area contributed by atoms with Crippen LogP contribution in [0.1, 0.15) is 0 Å². The van der Waals surface area contributed by atoms with Gasteiger partial charge in [0.05, 0.1) is 11.4 Å². The van der Waals surface area contributed by atoms with Crippen molar-refractivity contribution in [3.8, 4) is 0 Å². The molecule has 1 heterocycles. The summed E-state index contributed by atoms with van der Waals surface area (Å²) in [5.74, 6) is 0. The summed E-state index contributed by atoms with van der Waals surface area (Å²) in [6.45, 7) is 0. The Labute approximate surface area is 102 Å². The van der Waals surface area contributed by atoms with E-state index in [1.165, 1.54) is 0 Å². The molecule has 0 saturated carbocycles. The topological polar surface area (TPSA) is 78.8 Å². The van der Waals surface area contributed by atoms with Crippen LogP contribution in [0.2, 0.25) is 0 Å². The van der Waals surface area contributed by atoms with Gasteiger partial charge in [-0.15, -0.1) is 0 Å². The van der Waals surface area contributed by atoms with Crippen molar-refractivity contribution in [2.45, 2.75) is 4.33 Å². The number of hydrogen-bond donors (Lipinski definition) is 2. The van der Waals surface area contributed by atoms with Gasteiger partial charge >= 0.3 is 10.1 Å². The van der Waals surface area contributed by atoms with Crippen LogP contribution in [0.5, 0.6) is 0 Å². The minimum atomic E-state index is -4.63. The maximum Gasteiger partial charge on any atom is 0.311 e. The molecule has 0 bridgehead atoms. The summed E-state index contributed by atoms with van der Waals surface area (Å²) >= 11 is 11.4. The number of alkyl halides is 1. The number of benzene rings is 1. The van der Waals surface area contributed by atoms with Crippen molar-refractivity contribution in [2.75, 3.05) is 5.32 Å². The highest BCUT2D eigenvalue weighted by atomic mass is 35.5. The highest BCUT2D eigenvalue weighted by Crippen LogP contribution is 2.38. The summed E-state index contributed by atoms with van der Waals surface area (Å²) in [4.78, 5) is 3.81. The van der Waals surface area contributed by atoms with Crippen LogP contribution in [0.15, 0.2) is 29.3 Å². The number of nitrogens with zero attached hydrogens (tertiary/aromatic N) is 1. The van der Waals surface area contributed by atoms with Gasteiger partial charge in [-0.3, -0.25) is 4.55 Å². The van der Waals surface area contributed by atoms with E-state index in [0.717, 1.165) is 0 Å². The quantitative estimate of drug-likeness (QED) is 0.469. The molecule has 1 aliphatic rings. The van der Waals surface area contributed by atoms with E-state index < -0.39 is 19.6 Å². The Morgan fingerprint density at radius 3 is 2.62 bits per heavy atom. The first-order valence-electron chi connectivity index (χ1n) is 4.12. The highest BCUT2D eigenvalue weighted by Gasteiger charge is 2.48. The summed E-state index contributed by atoms with van der Waals surface area (Å²) in [6, 6.07) is 6.58. The van der Waals surface area contributed by atoms with E-state index in [1.54, 1.807) is 24.3 Å². The van der Waals surface area contributed by atoms with Crippen LogP contribution in [0, 0.1) is 0 Å². The fourth-order valence-corrected chi connectivity index (χ4v) is 2.32. The van der Waals surface area contributed by atoms with Crippen molar-refractivity contribution in [3.05, 3.63) is 24.3 Å². The summed E-state index contributed by atoms with van der Waals surface area (Å²) in [5, 5.41) is 1.98. The fraction of sp³-hybridized carbons (Fsp3) is 0.125. The molecule has 1 unspecified atom stereocenters. The summed E-state index contributed by atoms with van der Waals surface area (Å²) in [6.07, 6.45) is 0. The van der Waals surface area contributed by atoms with Crippen LogP contribution < -0.4 is 5.32 Å². The molecule has 0 amide bonds. The minimum Gasteiger partial charge on any atom is -0.345 e. The van der Waals surface area contributed by atoms with Crippen molar-refractivity contribution < 1.29 is 13.0 Å². The van der Waals surface area contributed by atoms with Crippen LogP contribution in [0.25, 0.3) is 0 Å². The molecule has 0 saturated heterocycles. The molecule has 1 atom stereocenters. The second-order valence-electron chi connectivity index (χ2n) is 3.12. The van der Waals surface area contributed by atoms with Crippen molar-refractivity contribution in [1.29, 1.82) is 0 Å². The summed E-state index contributed by atoms with van der Waals surface area (Å²) in [7, 11) is -4.63. The molecule has 0 radical (unpaired) electrons. The summed E-state index contributed by atoms with van der Waals surface area (Å²) in [5.41, 5.74) is 0.826. The highest BCUT2D eigenvalue weighted by molar-refractivity contribution is 7.90. The minimum absolute atomic E-state index is 0.375. The van der Waals surface area contributed by atoms with Crippen LogP contribution in [-0.2, 0) is 10.1 Å². The lowest BCUT2D eigenvalue weighted by Gasteiger charge is -2.28. The zero-order valence-electron chi connectivity index (χ0n) is 7.68. The zero-order valence-corrected chi connectivity index (χ0v) is 10.0. The Kier molecular flexibility index (Phi) is 2.62. The number of anilines is 1. The van der Waals surface area contributed by atoms with Gasteiger partial charge in [0, 0.05) is 0 Å². The number of nitrogens with one attached hydrogen (secondary N) is 1. The molecule has 86 valence electrons. The monoisotopic (exact) mass is 280 g/mol. The largest absolute Gasteiger partial charge is 0.345 e. The zero-order chi connectivity index (χ0) is 12.0. The Morgan fingerprint density at radius 1 is 1.38 bits per heavy atom. The number of rotatable bonds is 1. The Morgan fingerprint density at radius 2 is 2.00 bits per heavy atom. The molecule has 1 aromatic carbocycles. The van der Waals surface area contributed by atoms with Gasteiger partial charge in [-0.05, 0) is 12.1 Å². The third-order valence-electron chi connectivity index (χ3n) is 2.04. The standard InChI is InChI=1S/C8H6Cl2N2O3S/c9-7-8(10,16(13,14)15)12-6-4-2-1-3-5(6)11-7/h1-4,12H,(H,13,14,15). The molecule has 5 nitrogen and oxygen atoms in total. The van der Waals surface area contributed by atoms with E-state index in [-0.39, 0.29) is 0 Å². The molecule has 8 heteroatoms. The molecule has 0 fully saturated rings. The molecule has 16 heavy (non-hydrogen) atoms. The van der Waals surface area contributed by atoms with Crippen LogP contribution in [0.3, 0.4) is 0 Å². The molecule has 1 aromatic rings. The van der Waals surface area contributed by atoms with Crippen LogP contribution in [0.4, 0.5) is 11.4 Å². The van der Waals surface area contributed by atoms with Crippen LogP contribution >= 0.6 is 23.2 Å². The second-order valence-corrected chi connectivity index (χ2v) is 5.83. The van der Waals surface area contributed by atoms with Gasteiger partial charge in [-0.2, -0.15) is 8.42 Å². The third kappa shape index (κ3) is 1.67. The molecule has 2 rings (SSSR count). The number of aliphatic imine (C=N–C) groups is 1. The average molecular weight is 281 g/mol. The van der Waals surface area contributed by atoms with Gasteiger partial charge in [0.25, 0.3) is 4.33 Å². The molecular weight excluding hydrogens is 275 g/mol. The molecule has 1 aliphatic heterocycles. The van der Waals surface area contributed by atoms with E-state index in [0.29, 0.717) is 11.4 Å². The average Bonchev–Trinajstić information content (AvgIpc) is 2.18. The molecule has 0 spiro atoms. The normalized spacial score (nSPS) is 24.3. The summed E-state index contributed by atoms with van der Waals surface area (Å²) < 4.78 is 28.9. The van der Waals surface area contributed by atoms with Crippen molar-refractivity contribution in [2.24, 2.45) is 4.99 Å². The number of fused-ring (bicyclic) bond motifs is 1. The Bertz CT molecular complexity index is 572. The first kappa shape index (κ1) is 11.7. The third-order valence-corrected chi connectivity index (χ3v) is 4.48. The Hall–Kier alpha value is -0.820. The second kappa shape index (κ2) is 3.59. The Balaban J connectivity index is 2.61. The number of para-hydroxylation sites is 2.